The molecule has 2 fully saturated rings. The molecule has 0 aromatic carbocycles. The van der Waals surface area contributed by atoms with Gasteiger partial charge in [-0.05, 0) is 38.5 Å². The maximum atomic E-state index is 5.45. The first-order valence-corrected chi connectivity index (χ1v) is 8.76. The van der Waals surface area contributed by atoms with Crippen molar-refractivity contribution in [2.45, 2.75) is 51.5 Å². The summed E-state index contributed by atoms with van der Waals surface area (Å²) in [6.07, 6.45) is 7.40. The van der Waals surface area contributed by atoms with Gasteiger partial charge in [0.15, 0.2) is 0 Å². The molecule has 1 saturated heterocycles. The van der Waals surface area contributed by atoms with Gasteiger partial charge in [0.1, 0.15) is 5.76 Å². The Morgan fingerprint density at radius 2 is 1.87 bits per heavy atom. The number of hydrogen-bond acceptors (Lipinski definition) is 4. The molecular formula is C17H32N4O2. The van der Waals surface area contributed by atoms with Crippen LogP contribution in [0, 0.1) is 5.92 Å². The predicted octanol–water partition coefficient (Wildman–Crippen LogP) is 2.55. The van der Waals surface area contributed by atoms with E-state index in [9.17, 15) is 0 Å². The van der Waals surface area contributed by atoms with Crippen LogP contribution in [0.2, 0.25) is 0 Å². The SMILES string of the molecule is C=C(C)ON(C)/N=C(/NC1CCOCC1)N(C)CC1CCCC1. The minimum Gasteiger partial charge on any atom is -0.381 e. The Bertz CT molecular complexity index is 401. The van der Waals surface area contributed by atoms with E-state index >= 15 is 0 Å². The van der Waals surface area contributed by atoms with Crippen LogP contribution in [0.5, 0.6) is 0 Å². The fraction of sp³-hybridized carbons (Fsp3) is 0.824. The van der Waals surface area contributed by atoms with Crippen LogP contribution in [0.3, 0.4) is 0 Å². The van der Waals surface area contributed by atoms with E-state index in [1.54, 1.807) is 7.05 Å². The van der Waals surface area contributed by atoms with Gasteiger partial charge in [-0.25, -0.2) is 0 Å². The normalized spacial score (nSPS) is 20.4. The molecule has 0 aromatic heterocycles. The van der Waals surface area contributed by atoms with E-state index in [1.165, 1.54) is 30.9 Å². The monoisotopic (exact) mass is 324 g/mol. The van der Waals surface area contributed by atoms with E-state index in [2.05, 4.69) is 28.9 Å². The number of guanidine groups is 1. The summed E-state index contributed by atoms with van der Waals surface area (Å²) in [4.78, 5) is 7.68. The van der Waals surface area contributed by atoms with E-state index in [0.29, 0.717) is 11.8 Å². The number of hydrogen-bond donors (Lipinski definition) is 1. The van der Waals surface area contributed by atoms with Gasteiger partial charge in [0.25, 0.3) is 0 Å². The Morgan fingerprint density at radius 1 is 1.22 bits per heavy atom. The fourth-order valence-corrected chi connectivity index (χ4v) is 3.29. The van der Waals surface area contributed by atoms with Crippen LogP contribution in [-0.2, 0) is 9.57 Å². The lowest BCUT2D eigenvalue weighted by Crippen LogP contribution is -2.48. The van der Waals surface area contributed by atoms with Gasteiger partial charge in [-0.2, -0.15) is 0 Å². The molecule has 1 heterocycles. The summed E-state index contributed by atoms with van der Waals surface area (Å²) in [5, 5.41) is 9.65. The second kappa shape index (κ2) is 9.01. The van der Waals surface area contributed by atoms with Gasteiger partial charge in [0.2, 0.25) is 5.96 Å². The third-order valence-electron chi connectivity index (χ3n) is 4.45. The largest absolute Gasteiger partial charge is 0.381 e. The average molecular weight is 324 g/mol. The highest BCUT2D eigenvalue weighted by molar-refractivity contribution is 5.79. The summed E-state index contributed by atoms with van der Waals surface area (Å²) in [5.41, 5.74) is 0. The third kappa shape index (κ3) is 6.29. The lowest BCUT2D eigenvalue weighted by atomic mass is 10.1. The first-order valence-electron chi connectivity index (χ1n) is 8.76. The Kier molecular flexibility index (Phi) is 7.02. The summed E-state index contributed by atoms with van der Waals surface area (Å²) >= 11 is 0. The topological polar surface area (TPSA) is 49.3 Å². The zero-order chi connectivity index (χ0) is 16.7. The smallest absolute Gasteiger partial charge is 0.219 e. The van der Waals surface area contributed by atoms with Crippen molar-refractivity contribution in [1.82, 2.24) is 15.4 Å². The number of nitrogens with one attached hydrogen (secondary N) is 1. The second-order valence-electron chi connectivity index (χ2n) is 6.74. The maximum Gasteiger partial charge on any atom is 0.219 e. The summed E-state index contributed by atoms with van der Waals surface area (Å²) < 4.78 is 5.44. The highest BCUT2D eigenvalue weighted by Gasteiger charge is 2.22. The van der Waals surface area contributed by atoms with Gasteiger partial charge >= 0.3 is 0 Å². The first kappa shape index (κ1) is 17.9. The molecule has 1 aliphatic carbocycles. The van der Waals surface area contributed by atoms with Crippen LogP contribution in [0.25, 0.3) is 0 Å². The number of ether oxygens (including phenoxy) is 1. The average Bonchev–Trinajstić information content (AvgIpc) is 2.99. The van der Waals surface area contributed by atoms with Gasteiger partial charge in [-0.3, -0.25) is 0 Å². The van der Waals surface area contributed by atoms with Crippen molar-refractivity contribution < 1.29 is 9.57 Å². The van der Waals surface area contributed by atoms with Gasteiger partial charge in [-0.1, -0.05) is 19.4 Å². The summed E-state index contributed by atoms with van der Waals surface area (Å²) in [5.74, 6) is 2.27. The van der Waals surface area contributed by atoms with Crippen molar-refractivity contribution in [3.05, 3.63) is 12.3 Å². The number of rotatable bonds is 6. The molecule has 0 amide bonds. The minimum atomic E-state index is 0.409. The molecule has 2 rings (SSSR count). The second-order valence-corrected chi connectivity index (χ2v) is 6.74. The quantitative estimate of drug-likeness (QED) is 0.352. The molecule has 1 aliphatic heterocycles. The number of hydrazone groups is 1. The molecule has 2 aliphatic rings. The lowest BCUT2D eigenvalue weighted by molar-refractivity contribution is -0.0958. The molecule has 0 atom stereocenters. The zero-order valence-electron chi connectivity index (χ0n) is 14.9. The minimum absolute atomic E-state index is 0.409. The molecule has 6 nitrogen and oxygen atoms in total. The van der Waals surface area contributed by atoms with E-state index in [1.807, 2.05) is 6.92 Å². The highest BCUT2D eigenvalue weighted by atomic mass is 16.7. The maximum absolute atomic E-state index is 5.45. The number of nitrogens with zero attached hydrogens (tertiary/aromatic N) is 3. The van der Waals surface area contributed by atoms with Gasteiger partial charge < -0.3 is 19.8 Å². The van der Waals surface area contributed by atoms with Crippen molar-refractivity contribution in [3.63, 3.8) is 0 Å². The van der Waals surface area contributed by atoms with Crippen LogP contribution in [0.4, 0.5) is 0 Å². The van der Waals surface area contributed by atoms with Crippen LogP contribution in [0.15, 0.2) is 17.4 Å². The van der Waals surface area contributed by atoms with Gasteiger partial charge in [0.05, 0.1) is 7.05 Å². The van der Waals surface area contributed by atoms with Crippen molar-refractivity contribution >= 4 is 5.96 Å². The van der Waals surface area contributed by atoms with E-state index in [0.717, 1.165) is 44.5 Å². The molecule has 0 unspecified atom stereocenters. The van der Waals surface area contributed by atoms with Crippen molar-refractivity contribution in [2.75, 3.05) is 33.9 Å². The van der Waals surface area contributed by atoms with E-state index < -0.39 is 0 Å². The van der Waals surface area contributed by atoms with Crippen LogP contribution in [0.1, 0.15) is 45.4 Å². The Balaban J connectivity index is 1.98. The Labute approximate surface area is 140 Å². The molecule has 1 saturated carbocycles. The van der Waals surface area contributed by atoms with Crippen LogP contribution in [-0.4, -0.2) is 55.9 Å². The molecule has 0 aromatic rings. The van der Waals surface area contributed by atoms with E-state index in [4.69, 9.17) is 9.57 Å². The van der Waals surface area contributed by atoms with E-state index in [-0.39, 0.29) is 0 Å². The van der Waals surface area contributed by atoms with Crippen LogP contribution >= 0.6 is 0 Å². The Hall–Kier alpha value is -1.43. The first-order chi connectivity index (χ1) is 11.0. The van der Waals surface area contributed by atoms with Crippen molar-refractivity contribution in [1.29, 1.82) is 0 Å². The molecule has 23 heavy (non-hydrogen) atoms. The molecular weight excluding hydrogens is 292 g/mol. The summed E-state index contributed by atoms with van der Waals surface area (Å²) in [6.45, 7) is 8.25. The molecule has 0 bridgehead atoms. The summed E-state index contributed by atoms with van der Waals surface area (Å²) in [6, 6.07) is 0.409. The van der Waals surface area contributed by atoms with Gasteiger partial charge in [-0.15, -0.1) is 10.3 Å². The third-order valence-corrected chi connectivity index (χ3v) is 4.45. The predicted molar refractivity (Wildman–Crippen MR) is 92.7 cm³/mol. The number of hydroxylamine groups is 1. The molecule has 6 heteroatoms. The standard InChI is InChI=1S/C17H32N4O2/c1-14(2)23-21(4)19-17(18-16-9-11-22-12-10-16)20(3)13-15-7-5-6-8-15/h15-16H,1,5-13H2,2-4H3,(H,18,19). The van der Waals surface area contributed by atoms with Crippen LogP contribution < -0.4 is 5.32 Å². The lowest BCUT2D eigenvalue weighted by Gasteiger charge is -2.31. The van der Waals surface area contributed by atoms with Crippen molar-refractivity contribution in [3.8, 4) is 0 Å². The molecule has 0 spiro atoms. The number of allylic oxidation sites excluding steroid dienone is 1. The highest BCUT2D eigenvalue weighted by Crippen LogP contribution is 2.25. The Morgan fingerprint density at radius 3 is 2.48 bits per heavy atom. The van der Waals surface area contributed by atoms with Crippen molar-refractivity contribution in [2.24, 2.45) is 11.0 Å². The fourth-order valence-electron chi connectivity index (χ4n) is 3.29. The summed E-state index contributed by atoms with van der Waals surface area (Å²) in [7, 11) is 3.90. The molecule has 1 N–H and O–H groups in total. The molecule has 132 valence electrons. The molecule has 0 radical (unpaired) electrons. The van der Waals surface area contributed by atoms with Gasteiger partial charge in [0, 0.05) is 32.8 Å². The zero-order valence-corrected chi connectivity index (χ0v) is 14.9.